The minimum atomic E-state index is -0.915. The van der Waals surface area contributed by atoms with Crippen molar-refractivity contribution < 1.29 is 19.4 Å². The highest BCUT2D eigenvalue weighted by Crippen LogP contribution is 2.53. The van der Waals surface area contributed by atoms with Crippen LogP contribution in [0.4, 0.5) is 0 Å². The summed E-state index contributed by atoms with van der Waals surface area (Å²) in [5, 5.41) is 20.8. The van der Waals surface area contributed by atoms with Crippen molar-refractivity contribution in [1.29, 1.82) is 0 Å². The quantitative estimate of drug-likeness (QED) is 0.176. The normalized spacial score (nSPS) is 15.5. The van der Waals surface area contributed by atoms with E-state index >= 15 is 0 Å². The van der Waals surface area contributed by atoms with E-state index in [2.05, 4.69) is 35.3 Å². The lowest BCUT2D eigenvalue weighted by atomic mass is 9.90. The van der Waals surface area contributed by atoms with Gasteiger partial charge < -0.3 is 14.6 Å². The van der Waals surface area contributed by atoms with Crippen LogP contribution in [-0.2, 0) is 16.8 Å². The van der Waals surface area contributed by atoms with Crippen molar-refractivity contribution in [2.75, 3.05) is 5.75 Å². The maximum atomic E-state index is 11.5. The number of nitrogens with zero attached hydrogens (tertiary/aromatic N) is 1. The summed E-state index contributed by atoms with van der Waals surface area (Å²) in [7, 11) is 0. The molecular weight excluding hydrogens is 542 g/mol. The van der Waals surface area contributed by atoms with Gasteiger partial charge in [0, 0.05) is 11.0 Å². The van der Waals surface area contributed by atoms with Gasteiger partial charge >= 0.3 is 5.97 Å². The highest BCUT2D eigenvalue weighted by atomic mass is 35.5. The molecule has 5 rings (SSSR count). The Morgan fingerprint density at radius 1 is 1.15 bits per heavy atom. The summed E-state index contributed by atoms with van der Waals surface area (Å²) in [5.41, 5.74) is 5.45. The minimum Gasteiger partial charge on any atom is -0.481 e. The van der Waals surface area contributed by atoms with Gasteiger partial charge in [-0.15, -0.1) is 0 Å². The third-order valence-corrected chi connectivity index (χ3v) is 9.51. The Morgan fingerprint density at radius 2 is 1.95 bits per heavy atom. The van der Waals surface area contributed by atoms with Crippen LogP contribution in [0, 0.1) is 5.41 Å². The van der Waals surface area contributed by atoms with Crippen LogP contribution in [-0.4, -0.2) is 26.9 Å². The lowest BCUT2D eigenvalue weighted by Gasteiger charge is -2.24. The highest BCUT2D eigenvalue weighted by molar-refractivity contribution is 7.99. The number of benzene rings is 2. The first-order chi connectivity index (χ1) is 19.1. The molecule has 0 unspecified atom stereocenters. The Hall–Kier alpha value is -3.06. The first-order valence-corrected chi connectivity index (χ1v) is 15.0. The van der Waals surface area contributed by atoms with Gasteiger partial charge in [-0.25, -0.2) is 4.98 Å². The van der Waals surface area contributed by atoms with Gasteiger partial charge in [0.05, 0.1) is 17.7 Å². The zero-order valence-electron chi connectivity index (χ0n) is 22.8. The van der Waals surface area contributed by atoms with Crippen LogP contribution in [0.2, 0.25) is 5.02 Å². The van der Waals surface area contributed by atoms with E-state index in [-0.39, 0.29) is 17.1 Å². The molecule has 0 saturated heterocycles. The summed E-state index contributed by atoms with van der Waals surface area (Å²) >= 11 is 8.05. The Bertz CT molecular complexity index is 1530. The number of aryl methyl sites for hydroxylation is 1. The second-order valence-corrected chi connectivity index (χ2v) is 12.9. The van der Waals surface area contributed by atoms with E-state index in [4.69, 9.17) is 16.0 Å². The highest BCUT2D eigenvalue weighted by Gasteiger charge is 2.44. The predicted molar refractivity (Wildman–Crippen MR) is 164 cm³/mol. The maximum Gasteiger partial charge on any atom is 0.303 e. The summed E-state index contributed by atoms with van der Waals surface area (Å²) in [5.74, 6) is 0.108. The molecule has 2 aromatic heterocycles. The van der Waals surface area contributed by atoms with Crippen LogP contribution in [0.5, 0.6) is 0 Å². The maximum absolute atomic E-state index is 11.5. The Morgan fingerprint density at radius 3 is 2.70 bits per heavy atom. The Labute approximate surface area is 244 Å². The van der Waals surface area contributed by atoms with Gasteiger partial charge in [-0.05, 0) is 85.4 Å². The van der Waals surface area contributed by atoms with Crippen LogP contribution < -0.4 is 0 Å². The molecule has 0 aliphatic heterocycles. The molecular formula is C33H34ClNO4S. The molecule has 2 heterocycles. The third-order valence-electron chi connectivity index (χ3n) is 7.55. The topological polar surface area (TPSA) is 83.6 Å². The molecule has 0 radical (unpaired) electrons. The number of fused-ring (bicyclic) bond motifs is 1. The number of hydrogen-bond acceptors (Lipinski definition) is 5. The van der Waals surface area contributed by atoms with Crippen molar-refractivity contribution in [3.05, 3.63) is 99.9 Å². The molecule has 1 saturated carbocycles. The van der Waals surface area contributed by atoms with Crippen molar-refractivity contribution >= 4 is 52.6 Å². The van der Waals surface area contributed by atoms with Crippen LogP contribution in [0.25, 0.3) is 23.3 Å². The molecule has 1 aliphatic carbocycles. The molecule has 1 fully saturated rings. The van der Waals surface area contributed by atoms with Crippen molar-refractivity contribution in [3.63, 3.8) is 0 Å². The fourth-order valence-corrected chi connectivity index (χ4v) is 6.90. The summed E-state index contributed by atoms with van der Waals surface area (Å²) in [6, 6.07) is 20.4. The molecule has 1 aliphatic rings. The number of rotatable bonds is 12. The molecule has 1 atom stereocenters. The van der Waals surface area contributed by atoms with E-state index in [1.807, 2.05) is 68.1 Å². The average molecular weight is 576 g/mol. The van der Waals surface area contributed by atoms with Gasteiger partial charge in [0.1, 0.15) is 16.8 Å². The zero-order chi connectivity index (χ0) is 28.3. The second-order valence-electron chi connectivity index (χ2n) is 11.3. The fourth-order valence-electron chi connectivity index (χ4n) is 5.15. The van der Waals surface area contributed by atoms with Crippen LogP contribution in [0.3, 0.4) is 0 Å². The third kappa shape index (κ3) is 6.98. The van der Waals surface area contributed by atoms with Crippen molar-refractivity contribution in [3.8, 4) is 0 Å². The number of aliphatic hydroxyl groups is 1. The van der Waals surface area contributed by atoms with Gasteiger partial charge in [-0.3, -0.25) is 4.79 Å². The number of halogens is 1. The fraction of sp³-hybridized carbons (Fsp3) is 0.333. The molecule has 0 spiro atoms. The number of furan rings is 1. The van der Waals surface area contributed by atoms with Gasteiger partial charge in [-0.2, -0.15) is 11.8 Å². The zero-order valence-corrected chi connectivity index (χ0v) is 24.3. The largest absolute Gasteiger partial charge is 0.481 e. The number of pyridine rings is 1. The predicted octanol–water partition coefficient (Wildman–Crippen LogP) is 8.54. The average Bonchev–Trinajstić information content (AvgIpc) is 3.58. The summed E-state index contributed by atoms with van der Waals surface area (Å²) in [4.78, 5) is 16.1. The van der Waals surface area contributed by atoms with E-state index < -0.39 is 11.6 Å². The smallest absolute Gasteiger partial charge is 0.303 e. The van der Waals surface area contributed by atoms with Crippen LogP contribution >= 0.6 is 23.4 Å². The number of carboxylic acid groups (broad SMARTS) is 1. The number of carboxylic acids is 1. The lowest BCUT2D eigenvalue weighted by Crippen LogP contribution is -2.18. The molecule has 4 aromatic rings. The molecule has 0 bridgehead atoms. The van der Waals surface area contributed by atoms with Crippen LogP contribution in [0.1, 0.15) is 72.7 Å². The second kappa shape index (κ2) is 11.8. The van der Waals surface area contributed by atoms with Crippen molar-refractivity contribution in [1.82, 2.24) is 4.98 Å². The summed E-state index contributed by atoms with van der Waals surface area (Å²) in [6.07, 6.45) is 9.39. The number of thioether (sulfide) groups is 1. The number of aromatic nitrogens is 1. The molecule has 40 heavy (non-hydrogen) atoms. The first-order valence-electron chi connectivity index (χ1n) is 13.6. The number of hydrogen-bond donors (Lipinski definition) is 2. The SMILES string of the molecule is CC(C)(O)c1ccccc1CC[C@@H](SCC1(CC(=O)O)CC1)c1cccc(C=Cc2ccc3occ(Cl)c3n2)c1. The monoisotopic (exact) mass is 575 g/mol. The molecule has 0 amide bonds. The standard InChI is InChI=1S/C33H34ClNO4S/c1-32(2,38)26-9-4-3-7-23(26)11-15-29(40-21-33(16-17-33)19-30(36)37)24-8-5-6-22(18-24)10-12-25-13-14-28-31(35-25)27(34)20-39-28/h3-10,12-14,18,20,29,38H,11,15-17,19,21H2,1-2H3,(H,36,37)/t29-/m1/s1. The van der Waals surface area contributed by atoms with E-state index in [0.29, 0.717) is 16.1 Å². The van der Waals surface area contributed by atoms with Crippen molar-refractivity contribution in [2.24, 2.45) is 5.41 Å². The van der Waals surface area contributed by atoms with Gasteiger partial charge in [0.2, 0.25) is 0 Å². The molecule has 5 nitrogen and oxygen atoms in total. The first kappa shape index (κ1) is 28.5. The lowest BCUT2D eigenvalue weighted by molar-refractivity contribution is -0.138. The van der Waals surface area contributed by atoms with E-state index in [1.165, 1.54) is 11.8 Å². The van der Waals surface area contributed by atoms with E-state index in [9.17, 15) is 15.0 Å². The summed E-state index contributed by atoms with van der Waals surface area (Å²) in [6.45, 7) is 3.65. The van der Waals surface area contributed by atoms with Crippen LogP contribution in [0.15, 0.2) is 71.3 Å². The summed E-state index contributed by atoms with van der Waals surface area (Å²) < 4.78 is 5.39. The molecule has 208 valence electrons. The van der Waals surface area contributed by atoms with Crippen molar-refractivity contribution in [2.45, 2.75) is 56.8 Å². The number of aliphatic carboxylic acids is 1. The van der Waals surface area contributed by atoms with Gasteiger partial charge in [-0.1, -0.05) is 66.2 Å². The molecule has 2 N–H and O–H groups in total. The van der Waals surface area contributed by atoms with E-state index in [1.54, 1.807) is 0 Å². The molecule has 2 aromatic carbocycles. The Balaban J connectivity index is 1.37. The van der Waals surface area contributed by atoms with E-state index in [0.717, 1.165) is 53.8 Å². The van der Waals surface area contributed by atoms with Gasteiger partial charge in [0.15, 0.2) is 5.58 Å². The number of carbonyl (C=O) groups is 1. The van der Waals surface area contributed by atoms with Gasteiger partial charge in [0.25, 0.3) is 0 Å². The minimum absolute atomic E-state index is 0.0874. The molecule has 7 heteroatoms. The Kier molecular flexibility index (Phi) is 8.41.